The van der Waals surface area contributed by atoms with E-state index in [1.54, 1.807) is 11.6 Å². The molecule has 0 N–H and O–H groups in total. The molecule has 2 aromatic heterocycles. The third-order valence-electron chi connectivity index (χ3n) is 1.80. The first-order valence-corrected chi connectivity index (χ1v) is 5.79. The molecule has 0 spiro atoms. The molecule has 16 heavy (non-hydrogen) atoms. The summed E-state index contributed by atoms with van der Waals surface area (Å²) in [7, 11) is 0. The van der Waals surface area contributed by atoms with Crippen LogP contribution in [-0.2, 0) is 6.18 Å². The molecule has 0 saturated carbocycles. The number of thiazole rings is 1. The summed E-state index contributed by atoms with van der Waals surface area (Å²) in [4.78, 5) is 7.47. The standard InChI is InChI=1S/C9H4BrF3N2S/c10-7-5(8-14-3-4-16-8)1-2-6(15-7)9(11,12)13/h1-4H. The Hall–Kier alpha value is -0.950. The van der Waals surface area contributed by atoms with Crippen LogP contribution in [0.25, 0.3) is 10.6 Å². The molecule has 7 heteroatoms. The molecule has 0 aliphatic heterocycles. The summed E-state index contributed by atoms with van der Waals surface area (Å²) in [6, 6.07) is 2.31. The molecule has 84 valence electrons. The maximum Gasteiger partial charge on any atom is 0.433 e. The van der Waals surface area contributed by atoms with Crippen LogP contribution < -0.4 is 0 Å². The van der Waals surface area contributed by atoms with Gasteiger partial charge in [0.25, 0.3) is 0 Å². The summed E-state index contributed by atoms with van der Waals surface area (Å²) in [6.45, 7) is 0. The summed E-state index contributed by atoms with van der Waals surface area (Å²) in [5.41, 5.74) is -0.359. The average molecular weight is 309 g/mol. The van der Waals surface area contributed by atoms with Crippen LogP contribution in [0.3, 0.4) is 0 Å². The van der Waals surface area contributed by atoms with Crippen molar-refractivity contribution >= 4 is 27.3 Å². The maximum atomic E-state index is 12.3. The first kappa shape index (κ1) is 11.5. The molecule has 2 aromatic rings. The Morgan fingerprint density at radius 1 is 1.25 bits per heavy atom. The summed E-state index contributed by atoms with van der Waals surface area (Å²) in [5.74, 6) is 0. The summed E-state index contributed by atoms with van der Waals surface area (Å²) in [6.07, 6.45) is -2.84. The number of hydrogen-bond acceptors (Lipinski definition) is 3. The molecule has 0 aliphatic carbocycles. The van der Waals surface area contributed by atoms with E-state index in [-0.39, 0.29) is 4.60 Å². The van der Waals surface area contributed by atoms with Crippen LogP contribution in [0.5, 0.6) is 0 Å². The van der Waals surface area contributed by atoms with Gasteiger partial charge in [0.1, 0.15) is 15.3 Å². The van der Waals surface area contributed by atoms with Gasteiger partial charge in [-0.1, -0.05) is 0 Å². The first-order valence-electron chi connectivity index (χ1n) is 4.12. The van der Waals surface area contributed by atoms with Gasteiger partial charge in [-0.3, -0.25) is 0 Å². The number of pyridine rings is 1. The van der Waals surface area contributed by atoms with Gasteiger partial charge < -0.3 is 0 Å². The van der Waals surface area contributed by atoms with E-state index < -0.39 is 11.9 Å². The third-order valence-corrected chi connectivity index (χ3v) is 3.21. The lowest BCUT2D eigenvalue weighted by Crippen LogP contribution is -2.08. The van der Waals surface area contributed by atoms with Crippen molar-refractivity contribution in [1.82, 2.24) is 9.97 Å². The summed E-state index contributed by atoms with van der Waals surface area (Å²) in [5, 5.41) is 2.38. The van der Waals surface area contributed by atoms with Crippen molar-refractivity contribution in [3.05, 3.63) is 34.0 Å². The molecular weight excluding hydrogens is 305 g/mol. The second-order valence-corrected chi connectivity index (χ2v) is 4.52. The third kappa shape index (κ3) is 2.25. The number of aromatic nitrogens is 2. The number of alkyl halides is 3. The van der Waals surface area contributed by atoms with E-state index >= 15 is 0 Å². The van der Waals surface area contributed by atoms with E-state index in [1.807, 2.05) is 0 Å². The highest BCUT2D eigenvalue weighted by Crippen LogP contribution is 2.33. The fourth-order valence-corrected chi connectivity index (χ4v) is 2.41. The predicted octanol–water partition coefficient (Wildman–Crippen LogP) is 3.99. The van der Waals surface area contributed by atoms with Crippen LogP contribution in [-0.4, -0.2) is 9.97 Å². The van der Waals surface area contributed by atoms with Crippen molar-refractivity contribution in [2.24, 2.45) is 0 Å². The van der Waals surface area contributed by atoms with Crippen LogP contribution in [0.2, 0.25) is 0 Å². The highest BCUT2D eigenvalue weighted by atomic mass is 79.9. The van der Waals surface area contributed by atoms with Crippen molar-refractivity contribution in [2.45, 2.75) is 6.18 Å². The van der Waals surface area contributed by atoms with Crippen molar-refractivity contribution < 1.29 is 13.2 Å². The molecule has 0 aromatic carbocycles. The molecule has 0 amide bonds. The van der Waals surface area contributed by atoms with Crippen molar-refractivity contribution in [3.8, 4) is 10.6 Å². The topological polar surface area (TPSA) is 25.8 Å². The second kappa shape index (κ2) is 4.14. The highest BCUT2D eigenvalue weighted by molar-refractivity contribution is 9.10. The molecule has 0 aliphatic rings. The van der Waals surface area contributed by atoms with Gasteiger partial charge in [-0.25, -0.2) is 9.97 Å². The number of halogens is 4. The van der Waals surface area contributed by atoms with E-state index in [2.05, 4.69) is 25.9 Å². The van der Waals surface area contributed by atoms with Gasteiger partial charge in [-0.05, 0) is 28.1 Å². The van der Waals surface area contributed by atoms with E-state index in [0.29, 0.717) is 10.6 Å². The molecule has 2 rings (SSSR count). The number of hydrogen-bond donors (Lipinski definition) is 0. The van der Waals surface area contributed by atoms with Crippen LogP contribution in [0, 0.1) is 0 Å². The zero-order valence-corrected chi connectivity index (χ0v) is 10.0. The molecule has 0 saturated heterocycles. The Kier molecular flexibility index (Phi) is 2.98. The lowest BCUT2D eigenvalue weighted by molar-refractivity contribution is -0.141. The normalized spacial score (nSPS) is 11.8. The molecule has 0 atom stereocenters. The van der Waals surface area contributed by atoms with Gasteiger partial charge in [-0.2, -0.15) is 13.2 Å². The minimum absolute atomic E-state index is 0.150. The quantitative estimate of drug-likeness (QED) is 0.745. The van der Waals surface area contributed by atoms with E-state index in [1.165, 1.54) is 17.4 Å². The van der Waals surface area contributed by atoms with Gasteiger partial charge >= 0.3 is 6.18 Å². The maximum absolute atomic E-state index is 12.3. The van der Waals surface area contributed by atoms with Crippen molar-refractivity contribution in [1.29, 1.82) is 0 Å². The molecule has 2 heterocycles. The lowest BCUT2D eigenvalue weighted by Gasteiger charge is -2.07. The Labute approximate surface area is 101 Å². The lowest BCUT2D eigenvalue weighted by atomic mass is 10.2. The van der Waals surface area contributed by atoms with Crippen molar-refractivity contribution in [3.63, 3.8) is 0 Å². The van der Waals surface area contributed by atoms with E-state index in [4.69, 9.17) is 0 Å². The van der Waals surface area contributed by atoms with Crippen LogP contribution in [0.4, 0.5) is 13.2 Å². The zero-order chi connectivity index (χ0) is 11.8. The van der Waals surface area contributed by atoms with Gasteiger partial charge in [0, 0.05) is 17.1 Å². The van der Waals surface area contributed by atoms with E-state index in [0.717, 1.165) is 6.07 Å². The molecule has 0 unspecified atom stereocenters. The second-order valence-electron chi connectivity index (χ2n) is 2.87. The SMILES string of the molecule is FC(F)(F)c1ccc(-c2nccs2)c(Br)n1. The van der Waals surface area contributed by atoms with Gasteiger partial charge in [0.15, 0.2) is 0 Å². The van der Waals surface area contributed by atoms with Crippen molar-refractivity contribution in [2.75, 3.05) is 0 Å². The van der Waals surface area contributed by atoms with Gasteiger partial charge in [0.2, 0.25) is 0 Å². The molecule has 0 fully saturated rings. The molecule has 0 radical (unpaired) electrons. The minimum atomic E-state index is -4.43. The molecule has 2 nitrogen and oxygen atoms in total. The van der Waals surface area contributed by atoms with E-state index in [9.17, 15) is 13.2 Å². The average Bonchev–Trinajstić information content (AvgIpc) is 2.69. The Bertz CT molecular complexity index is 496. The molecular formula is C9H4BrF3N2S. The summed E-state index contributed by atoms with van der Waals surface area (Å²) < 4.78 is 37.2. The number of rotatable bonds is 1. The Balaban J connectivity index is 2.46. The largest absolute Gasteiger partial charge is 0.433 e. The summed E-state index contributed by atoms with van der Waals surface area (Å²) >= 11 is 4.36. The van der Waals surface area contributed by atoms with Crippen LogP contribution in [0.15, 0.2) is 28.3 Å². The fraction of sp³-hybridized carbons (Fsp3) is 0.111. The number of nitrogens with zero attached hydrogens (tertiary/aromatic N) is 2. The highest BCUT2D eigenvalue weighted by Gasteiger charge is 2.33. The minimum Gasteiger partial charge on any atom is -0.244 e. The van der Waals surface area contributed by atoms with Crippen LogP contribution in [0.1, 0.15) is 5.69 Å². The molecule has 0 bridgehead atoms. The Morgan fingerprint density at radius 3 is 2.50 bits per heavy atom. The smallest absolute Gasteiger partial charge is 0.244 e. The zero-order valence-electron chi connectivity index (χ0n) is 7.62. The van der Waals surface area contributed by atoms with Crippen LogP contribution >= 0.6 is 27.3 Å². The predicted molar refractivity (Wildman–Crippen MR) is 58.0 cm³/mol. The Morgan fingerprint density at radius 2 is 2.00 bits per heavy atom. The monoisotopic (exact) mass is 308 g/mol. The van der Waals surface area contributed by atoms with Gasteiger partial charge in [-0.15, -0.1) is 11.3 Å². The van der Waals surface area contributed by atoms with Gasteiger partial charge in [0.05, 0.1) is 0 Å². The fourth-order valence-electron chi connectivity index (χ4n) is 1.11. The first-order chi connectivity index (χ1) is 7.48.